The van der Waals surface area contributed by atoms with Gasteiger partial charge in [0.2, 0.25) is 0 Å². The largest absolute Gasteiger partial charge is 0.381 e. The molecule has 21 heavy (non-hydrogen) atoms. The lowest BCUT2D eigenvalue weighted by molar-refractivity contribution is 1.12. The molecule has 0 aliphatic heterocycles. The number of fused-ring (bicyclic) bond motifs is 1. The first-order chi connectivity index (χ1) is 10.1. The second-order valence-electron chi connectivity index (χ2n) is 5.27. The smallest absolute Gasteiger partial charge is 0.0659 e. The van der Waals surface area contributed by atoms with Gasteiger partial charge in [-0.2, -0.15) is 0 Å². The van der Waals surface area contributed by atoms with Crippen LogP contribution in [0.25, 0.3) is 10.9 Å². The lowest BCUT2D eigenvalue weighted by Crippen LogP contribution is -2.09. The van der Waals surface area contributed by atoms with Crippen molar-refractivity contribution >= 4 is 33.9 Å². The van der Waals surface area contributed by atoms with Gasteiger partial charge in [-0.05, 0) is 35.2 Å². The van der Waals surface area contributed by atoms with E-state index < -0.39 is 0 Å². The fourth-order valence-electron chi connectivity index (χ4n) is 2.47. The molecule has 0 aliphatic carbocycles. The Balaban J connectivity index is 1.79. The molecule has 3 aromatic rings. The van der Waals surface area contributed by atoms with Crippen molar-refractivity contribution in [3.63, 3.8) is 0 Å². The Morgan fingerprint density at radius 3 is 2.76 bits per heavy atom. The van der Waals surface area contributed by atoms with Gasteiger partial charge in [-0.15, -0.1) is 0 Å². The number of anilines is 2. The lowest BCUT2D eigenvalue weighted by Gasteiger charge is -2.16. The normalized spacial score (nSPS) is 10.8. The first-order valence-corrected chi connectivity index (χ1v) is 7.28. The van der Waals surface area contributed by atoms with Gasteiger partial charge in [0.05, 0.1) is 16.2 Å². The Morgan fingerprint density at radius 2 is 2.00 bits per heavy atom. The number of nitrogens with zero attached hydrogens (tertiary/aromatic N) is 1. The number of hydrogen-bond acceptors (Lipinski definition) is 2. The van der Waals surface area contributed by atoms with Gasteiger partial charge in [0, 0.05) is 32.5 Å². The predicted octanol–water partition coefficient (Wildman–Crippen LogP) is 4.50. The van der Waals surface area contributed by atoms with Crippen LogP contribution in [-0.2, 0) is 6.54 Å². The molecule has 0 unspecified atom stereocenters. The van der Waals surface area contributed by atoms with Crippen LogP contribution in [-0.4, -0.2) is 19.1 Å². The average molecular weight is 300 g/mol. The van der Waals surface area contributed by atoms with Gasteiger partial charge in [0.1, 0.15) is 0 Å². The van der Waals surface area contributed by atoms with E-state index in [4.69, 9.17) is 11.6 Å². The number of para-hydroxylation sites is 1. The van der Waals surface area contributed by atoms with Crippen molar-refractivity contribution in [2.45, 2.75) is 6.54 Å². The van der Waals surface area contributed by atoms with E-state index in [0.29, 0.717) is 0 Å². The minimum Gasteiger partial charge on any atom is -0.381 e. The summed E-state index contributed by atoms with van der Waals surface area (Å²) in [4.78, 5) is 5.29. The molecule has 0 saturated carbocycles. The van der Waals surface area contributed by atoms with Gasteiger partial charge in [-0.25, -0.2) is 0 Å². The highest BCUT2D eigenvalue weighted by Crippen LogP contribution is 2.28. The van der Waals surface area contributed by atoms with E-state index in [0.717, 1.165) is 22.9 Å². The van der Waals surface area contributed by atoms with Crippen LogP contribution in [0.1, 0.15) is 5.56 Å². The van der Waals surface area contributed by atoms with Crippen LogP contribution in [0.2, 0.25) is 5.02 Å². The number of H-pyrrole nitrogens is 1. The average Bonchev–Trinajstić information content (AvgIpc) is 2.93. The van der Waals surface area contributed by atoms with E-state index in [9.17, 15) is 0 Å². The summed E-state index contributed by atoms with van der Waals surface area (Å²) in [5.41, 5.74) is 4.47. The van der Waals surface area contributed by atoms with Crippen molar-refractivity contribution in [1.29, 1.82) is 0 Å². The summed E-state index contributed by atoms with van der Waals surface area (Å²) in [6.45, 7) is 0.759. The highest BCUT2D eigenvalue weighted by molar-refractivity contribution is 6.33. The van der Waals surface area contributed by atoms with Gasteiger partial charge in [-0.3, -0.25) is 0 Å². The summed E-state index contributed by atoms with van der Waals surface area (Å²) in [5.74, 6) is 0. The summed E-state index contributed by atoms with van der Waals surface area (Å²) >= 11 is 6.30. The van der Waals surface area contributed by atoms with Crippen LogP contribution >= 0.6 is 11.6 Å². The molecule has 4 heteroatoms. The molecule has 0 spiro atoms. The maximum Gasteiger partial charge on any atom is 0.0659 e. The highest BCUT2D eigenvalue weighted by Gasteiger charge is 2.05. The molecule has 108 valence electrons. The van der Waals surface area contributed by atoms with E-state index >= 15 is 0 Å². The van der Waals surface area contributed by atoms with Gasteiger partial charge in [0.15, 0.2) is 0 Å². The number of nitrogens with one attached hydrogen (secondary N) is 2. The summed E-state index contributed by atoms with van der Waals surface area (Å²) < 4.78 is 0. The molecule has 0 atom stereocenters. The van der Waals surface area contributed by atoms with Crippen LogP contribution in [0.15, 0.2) is 48.7 Å². The van der Waals surface area contributed by atoms with Crippen LogP contribution in [0.3, 0.4) is 0 Å². The van der Waals surface area contributed by atoms with Crippen molar-refractivity contribution in [3.05, 3.63) is 59.2 Å². The van der Waals surface area contributed by atoms with Crippen molar-refractivity contribution in [1.82, 2.24) is 4.98 Å². The van der Waals surface area contributed by atoms with Crippen molar-refractivity contribution in [3.8, 4) is 0 Å². The molecule has 2 N–H and O–H groups in total. The first kappa shape index (κ1) is 13.8. The molecule has 0 fully saturated rings. The minimum absolute atomic E-state index is 0.753. The quantitative estimate of drug-likeness (QED) is 0.743. The molecule has 1 heterocycles. The summed E-state index contributed by atoms with van der Waals surface area (Å²) in [7, 11) is 3.97. The zero-order valence-electron chi connectivity index (χ0n) is 12.2. The Bertz CT molecular complexity index is 762. The fourth-order valence-corrected chi connectivity index (χ4v) is 2.82. The monoisotopic (exact) mass is 299 g/mol. The third-order valence-electron chi connectivity index (χ3n) is 3.59. The van der Waals surface area contributed by atoms with E-state index in [1.54, 1.807) is 0 Å². The Morgan fingerprint density at radius 1 is 1.14 bits per heavy atom. The number of rotatable bonds is 4. The molecule has 2 aromatic carbocycles. The van der Waals surface area contributed by atoms with Crippen LogP contribution in [0, 0.1) is 0 Å². The maximum absolute atomic E-state index is 6.30. The lowest BCUT2D eigenvalue weighted by atomic mass is 10.1. The number of benzene rings is 2. The molecule has 0 aliphatic rings. The van der Waals surface area contributed by atoms with E-state index in [2.05, 4.69) is 40.6 Å². The first-order valence-electron chi connectivity index (χ1n) is 6.91. The molecule has 0 saturated heterocycles. The second-order valence-corrected chi connectivity index (χ2v) is 5.68. The Hall–Kier alpha value is -2.13. The highest BCUT2D eigenvalue weighted by atomic mass is 35.5. The number of aromatic nitrogens is 1. The molecular formula is C17H18ClN3. The summed E-state index contributed by atoms with van der Waals surface area (Å²) in [6, 6.07) is 14.4. The SMILES string of the molecule is CN(C)c1ccc(NCc2cccc3cc[nH]c23)cc1Cl. The van der Waals surface area contributed by atoms with E-state index in [1.165, 1.54) is 16.5 Å². The third kappa shape index (κ3) is 2.83. The zero-order valence-corrected chi connectivity index (χ0v) is 12.9. The molecular weight excluding hydrogens is 282 g/mol. The van der Waals surface area contributed by atoms with Crippen molar-refractivity contribution < 1.29 is 0 Å². The van der Waals surface area contributed by atoms with E-state index in [-0.39, 0.29) is 0 Å². The van der Waals surface area contributed by atoms with Gasteiger partial charge in [-0.1, -0.05) is 29.8 Å². The predicted molar refractivity (Wildman–Crippen MR) is 91.4 cm³/mol. The number of halogens is 1. The number of aromatic amines is 1. The summed E-state index contributed by atoms with van der Waals surface area (Å²) in [6.07, 6.45) is 1.97. The zero-order chi connectivity index (χ0) is 14.8. The maximum atomic E-state index is 6.30. The molecule has 3 nitrogen and oxygen atoms in total. The Labute approximate surface area is 129 Å². The number of hydrogen-bond donors (Lipinski definition) is 2. The second kappa shape index (κ2) is 5.70. The van der Waals surface area contributed by atoms with Crippen molar-refractivity contribution in [2.24, 2.45) is 0 Å². The fraction of sp³-hybridized carbons (Fsp3) is 0.176. The van der Waals surface area contributed by atoms with Gasteiger partial charge < -0.3 is 15.2 Å². The van der Waals surface area contributed by atoms with Gasteiger partial charge >= 0.3 is 0 Å². The van der Waals surface area contributed by atoms with Crippen LogP contribution in [0.4, 0.5) is 11.4 Å². The third-order valence-corrected chi connectivity index (χ3v) is 3.89. The molecule has 0 radical (unpaired) electrons. The molecule has 0 amide bonds. The molecule has 3 rings (SSSR count). The Kier molecular flexibility index (Phi) is 3.76. The van der Waals surface area contributed by atoms with E-state index in [1.807, 2.05) is 37.3 Å². The molecule has 1 aromatic heterocycles. The van der Waals surface area contributed by atoms with Crippen molar-refractivity contribution in [2.75, 3.05) is 24.3 Å². The van der Waals surface area contributed by atoms with Crippen LogP contribution in [0.5, 0.6) is 0 Å². The minimum atomic E-state index is 0.753. The molecule has 0 bridgehead atoms. The van der Waals surface area contributed by atoms with Gasteiger partial charge in [0.25, 0.3) is 0 Å². The topological polar surface area (TPSA) is 31.1 Å². The van der Waals surface area contributed by atoms with Crippen LogP contribution < -0.4 is 10.2 Å². The standard InChI is InChI=1S/C17H18ClN3/c1-21(2)16-7-6-14(10-15(16)18)20-11-13-5-3-4-12-8-9-19-17(12)13/h3-10,19-20H,11H2,1-2H3. The summed E-state index contributed by atoms with van der Waals surface area (Å²) in [5, 5.41) is 5.41.